The molecule has 0 amide bonds. The molecule has 0 fully saturated rings. The van der Waals surface area contributed by atoms with Gasteiger partial charge in [-0.3, -0.25) is 0 Å². The zero-order valence-electron chi connectivity index (χ0n) is 21.0. The predicted octanol–water partition coefficient (Wildman–Crippen LogP) is 5.38. The SMILES string of the molecule is [Cl-].[Cl-].[Hf+4].c1ccc2cp(-c3cc4ccccc4[cH-]3)cc2c1.c1ccc2cp(-c3cc4ccccc4[cH-]3)cc2c1. The van der Waals surface area contributed by atoms with Crippen LogP contribution in [0.25, 0.3) is 53.7 Å². The van der Waals surface area contributed by atoms with Crippen molar-refractivity contribution in [3.8, 4) is 10.6 Å². The molecule has 8 aromatic rings. The fourth-order valence-corrected chi connectivity index (χ4v) is 9.07. The summed E-state index contributed by atoms with van der Waals surface area (Å²) < 4.78 is 0. The van der Waals surface area contributed by atoms with E-state index in [-0.39, 0.29) is 65.7 Å². The largest absolute Gasteiger partial charge is 4.00 e. The number of benzene rings is 4. The summed E-state index contributed by atoms with van der Waals surface area (Å²) in [6.45, 7) is 0. The molecule has 0 unspecified atom stereocenters. The second kappa shape index (κ2) is 12.9. The van der Waals surface area contributed by atoms with Gasteiger partial charge in [-0.25, -0.2) is 0 Å². The molecule has 0 saturated carbocycles. The molecule has 8 rings (SSSR count). The van der Waals surface area contributed by atoms with Gasteiger partial charge in [-0.05, 0) is 44.7 Å². The van der Waals surface area contributed by atoms with Crippen molar-refractivity contribution in [1.82, 2.24) is 0 Å². The Morgan fingerprint density at radius 3 is 0.974 bits per heavy atom. The predicted molar refractivity (Wildman–Crippen MR) is 162 cm³/mol. The summed E-state index contributed by atoms with van der Waals surface area (Å²) in [5, 5.41) is 13.9. The standard InChI is InChI=1S/2C17H12P.2ClH.Hf/c2*1-2-6-14-10-17(9-13(14)5-1)18-11-15-7-3-4-8-16(15)12-18;;;/h2*1-12H;2*1H;/q2*-1;;;+4/p-2. The molecule has 5 heteroatoms. The van der Waals surface area contributed by atoms with E-state index in [2.05, 4.69) is 145 Å². The molecule has 6 aromatic carbocycles. The first kappa shape index (κ1) is 29.6. The van der Waals surface area contributed by atoms with Gasteiger partial charge in [0.25, 0.3) is 0 Å². The van der Waals surface area contributed by atoms with Gasteiger partial charge in [-0.1, -0.05) is 71.3 Å². The normalized spacial score (nSPS) is 10.5. The van der Waals surface area contributed by atoms with E-state index in [1.54, 1.807) is 0 Å². The van der Waals surface area contributed by atoms with Crippen molar-refractivity contribution in [2.24, 2.45) is 0 Å². The Kier molecular flexibility index (Phi) is 9.77. The molecule has 0 radical (unpaired) electrons. The first-order valence-corrected chi connectivity index (χ1v) is 15.2. The van der Waals surface area contributed by atoms with Gasteiger partial charge < -0.3 is 24.8 Å². The van der Waals surface area contributed by atoms with Crippen LogP contribution in [0.4, 0.5) is 0 Å². The quantitative estimate of drug-likeness (QED) is 0.165. The van der Waals surface area contributed by atoms with E-state index in [1.807, 2.05) is 0 Å². The molecule has 188 valence electrons. The van der Waals surface area contributed by atoms with Gasteiger partial charge in [0.1, 0.15) is 0 Å². The van der Waals surface area contributed by atoms with Crippen molar-refractivity contribution >= 4 is 58.2 Å². The fourth-order valence-electron chi connectivity index (χ4n) is 5.03. The number of rotatable bonds is 2. The summed E-state index contributed by atoms with van der Waals surface area (Å²) >= 11 is 0. The van der Waals surface area contributed by atoms with Crippen LogP contribution >= 0.6 is 15.1 Å². The van der Waals surface area contributed by atoms with Crippen molar-refractivity contribution < 1.29 is 50.7 Å². The number of fused-ring (bicyclic) bond motifs is 4. The van der Waals surface area contributed by atoms with E-state index in [9.17, 15) is 0 Å². The van der Waals surface area contributed by atoms with E-state index in [4.69, 9.17) is 0 Å². The van der Waals surface area contributed by atoms with Gasteiger partial charge in [0, 0.05) is 0 Å². The van der Waals surface area contributed by atoms with Crippen LogP contribution < -0.4 is 24.8 Å². The molecular formula is C34H24Cl2HfP2. The Morgan fingerprint density at radius 1 is 0.385 bits per heavy atom. The number of hydrogen-bond donors (Lipinski definition) is 0. The minimum Gasteiger partial charge on any atom is -1.00 e. The van der Waals surface area contributed by atoms with Gasteiger partial charge in [-0.15, -0.1) is 85.1 Å². The first-order chi connectivity index (χ1) is 17.8. The molecule has 0 bridgehead atoms. The third-order valence-electron chi connectivity index (χ3n) is 6.91. The zero-order chi connectivity index (χ0) is 23.9. The molecule has 0 aliphatic carbocycles. The Balaban J connectivity index is 0.000000168. The summed E-state index contributed by atoms with van der Waals surface area (Å²) in [5.74, 6) is 9.66. The third-order valence-corrected chi connectivity index (χ3v) is 10.8. The molecule has 39 heavy (non-hydrogen) atoms. The average molecular weight is 744 g/mol. The van der Waals surface area contributed by atoms with Crippen LogP contribution in [0.15, 0.2) is 145 Å². The summed E-state index contributed by atoms with van der Waals surface area (Å²) in [6, 6.07) is 43.8. The Labute approximate surface area is 262 Å². The van der Waals surface area contributed by atoms with Crippen molar-refractivity contribution in [2.45, 2.75) is 0 Å². The molecule has 0 nitrogen and oxygen atoms in total. The molecule has 0 atom stereocenters. The Hall–Kier alpha value is -2.37. The molecule has 0 spiro atoms. The molecule has 0 saturated heterocycles. The monoisotopic (exact) mass is 744 g/mol. The van der Waals surface area contributed by atoms with Crippen LogP contribution in [-0.4, -0.2) is 0 Å². The Morgan fingerprint density at radius 2 is 0.667 bits per heavy atom. The first-order valence-electron chi connectivity index (χ1n) is 12.3. The van der Waals surface area contributed by atoms with Crippen LogP contribution in [0.3, 0.4) is 0 Å². The van der Waals surface area contributed by atoms with E-state index in [0.29, 0.717) is 0 Å². The van der Waals surface area contributed by atoms with Crippen molar-refractivity contribution in [3.05, 3.63) is 145 Å². The summed E-state index contributed by atoms with van der Waals surface area (Å²) in [4.78, 5) is 0. The average Bonchev–Trinajstić information content (AvgIpc) is 3.70. The minimum absolute atomic E-state index is 0. The van der Waals surface area contributed by atoms with Crippen molar-refractivity contribution in [1.29, 1.82) is 0 Å². The maximum Gasteiger partial charge on any atom is 4.00 e. The van der Waals surface area contributed by atoms with Crippen LogP contribution in [0.1, 0.15) is 0 Å². The fraction of sp³-hybridized carbons (Fsp3) is 0. The summed E-state index contributed by atoms with van der Waals surface area (Å²) in [7, 11) is -0.528. The Bertz CT molecular complexity index is 1550. The molecule has 2 heterocycles. The second-order valence-corrected chi connectivity index (χ2v) is 13.0. The maximum atomic E-state index is 2.42. The smallest absolute Gasteiger partial charge is 1.00 e. The topological polar surface area (TPSA) is 0 Å². The van der Waals surface area contributed by atoms with Crippen LogP contribution in [0, 0.1) is 0 Å². The van der Waals surface area contributed by atoms with E-state index < -0.39 is 0 Å². The van der Waals surface area contributed by atoms with Crippen LogP contribution in [-0.2, 0) is 25.8 Å². The van der Waals surface area contributed by atoms with Crippen molar-refractivity contribution in [2.75, 3.05) is 0 Å². The van der Waals surface area contributed by atoms with E-state index in [0.717, 1.165) is 0 Å². The maximum absolute atomic E-state index is 2.42. The summed E-state index contributed by atoms with van der Waals surface area (Å²) in [5.41, 5.74) is 0. The second-order valence-electron chi connectivity index (χ2n) is 9.27. The van der Waals surface area contributed by atoms with Crippen molar-refractivity contribution in [3.63, 3.8) is 0 Å². The molecule has 0 aliphatic heterocycles. The van der Waals surface area contributed by atoms with E-state index >= 15 is 0 Å². The molecule has 0 N–H and O–H groups in total. The minimum atomic E-state index is -0.264. The molecule has 0 aliphatic rings. The van der Waals surface area contributed by atoms with Gasteiger partial charge in [0.05, 0.1) is 0 Å². The molecular weight excluding hydrogens is 720 g/mol. The van der Waals surface area contributed by atoms with Crippen LogP contribution in [0.2, 0.25) is 0 Å². The van der Waals surface area contributed by atoms with Gasteiger partial charge in [0.2, 0.25) is 0 Å². The van der Waals surface area contributed by atoms with Gasteiger partial charge in [-0.2, -0.15) is 12.1 Å². The molecule has 2 aromatic heterocycles. The third kappa shape index (κ3) is 6.05. The number of hydrogen-bond acceptors (Lipinski definition) is 0. The number of halogens is 2. The summed E-state index contributed by atoms with van der Waals surface area (Å²) in [6.07, 6.45) is 0. The zero-order valence-corrected chi connectivity index (χ0v) is 27.9. The van der Waals surface area contributed by atoms with Crippen LogP contribution in [0.5, 0.6) is 0 Å². The van der Waals surface area contributed by atoms with Gasteiger partial charge in [0.15, 0.2) is 0 Å². The van der Waals surface area contributed by atoms with E-state index in [1.165, 1.54) is 53.7 Å². The van der Waals surface area contributed by atoms with Gasteiger partial charge >= 0.3 is 25.8 Å².